The number of alkyl halides is 3. The molecule has 8 heteroatoms. The van der Waals surface area contributed by atoms with E-state index in [1.54, 1.807) is 35.2 Å². The normalized spacial score (nSPS) is 17.1. The van der Waals surface area contributed by atoms with E-state index in [4.69, 9.17) is 0 Å². The topological polar surface area (TPSA) is 43.9 Å². The molecule has 0 aliphatic carbocycles. The first kappa shape index (κ1) is 24.1. The van der Waals surface area contributed by atoms with E-state index in [0.717, 1.165) is 25.2 Å². The number of likely N-dealkylation sites (tertiary alicyclic amines) is 1. The minimum atomic E-state index is -4.40. The molecule has 0 unspecified atom stereocenters. The largest absolute Gasteiger partial charge is 0.416 e. The Morgan fingerprint density at radius 1 is 0.667 bits per heavy atom. The number of hydrogen-bond donors (Lipinski definition) is 0. The molecule has 2 saturated heterocycles. The maximum Gasteiger partial charge on any atom is 0.416 e. The lowest BCUT2D eigenvalue weighted by Crippen LogP contribution is -2.64. The van der Waals surface area contributed by atoms with E-state index in [1.165, 1.54) is 6.07 Å². The second-order valence-electron chi connectivity index (χ2n) is 9.21. The van der Waals surface area contributed by atoms with Gasteiger partial charge in [0.25, 0.3) is 11.8 Å². The first-order chi connectivity index (χ1) is 17.3. The number of amides is 2. The van der Waals surface area contributed by atoms with Crippen LogP contribution in [-0.2, 0) is 6.18 Å². The van der Waals surface area contributed by atoms with Crippen molar-refractivity contribution >= 4 is 11.8 Å². The molecule has 3 aromatic rings. The van der Waals surface area contributed by atoms with Gasteiger partial charge in [0.1, 0.15) is 0 Å². The van der Waals surface area contributed by atoms with Gasteiger partial charge in [0.05, 0.1) is 5.56 Å². The van der Waals surface area contributed by atoms with E-state index < -0.39 is 11.7 Å². The van der Waals surface area contributed by atoms with Crippen molar-refractivity contribution in [3.63, 3.8) is 0 Å². The molecular formula is C28H26F3N3O2. The molecule has 3 aromatic carbocycles. The van der Waals surface area contributed by atoms with Gasteiger partial charge in [-0.25, -0.2) is 0 Å². The maximum absolute atomic E-state index is 13.0. The van der Waals surface area contributed by atoms with Crippen LogP contribution in [-0.4, -0.2) is 71.8 Å². The van der Waals surface area contributed by atoms with Gasteiger partial charge in [-0.05, 0) is 47.5 Å². The summed E-state index contributed by atoms with van der Waals surface area (Å²) in [5.41, 5.74) is 1.60. The zero-order valence-corrected chi connectivity index (χ0v) is 19.6. The van der Waals surface area contributed by atoms with E-state index in [1.807, 2.05) is 35.2 Å². The number of nitrogens with zero attached hydrogens (tertiary/aromatic N) is 3. The van der Waals surface area contributed by atoms with Crippen LogP contribution in [0.2, 0.25) is 0 Å². The maximum atomic E-state index is 13.0. The Labute approximate surface area is 207 Å². The monoisotopic (exact) mass is 493 g/mol. The summed E-state index contributed by atoms with van der Waals surface area (Å²) in [6, 6.07) is 21.4. The molecule has 0 radical (unpaired) electrons. The molecule has 2 aliphatic rings. The van der Waals surface area contributed by atoms with Gasteiger partial charge in [0.2, 0.25) is 0 Å². The molecule has 0 atom stereocenters. The second-order valence-corrected chi connectivity index (χ2v) is 9.21. The van der Waals surface area contributed by atoms with Gasteiger partial charge in [0, 0.05) is 56.4 Å². The molecule has 5 nitrogen and oxygen atoms in total. The second kappa shape index (κ2) is 9.78. The lowest BCUT2D eigenvalue weighted by molar-refractivity contribution is -0.137. The summed E-state index contributed by atoms with van der Waals surface area (Å²) in [7, 11) is 0. The van der Waals surface area contributed by atoms with E-state index in [-0.39, 0.29) is 17.9 Å². The summed E-state index contributed by atoms with van der Waals surface area (Å²) in [5, 5.41) is 0. The van der Waals surface area contributed by atoms with Crippen LogP contribution in [0, 0.1) is 0 Å². The molecule has 186 valence electrons. The minimum absolute atomic E-state index is 0.0502. The van der Waals surface area contributed by atoms with Gasteiger partial charge < -0.3 is 9.80 Å². The van der Waals surface area contributed by atoms with E-state index in [2.05, 4.69) is 4.90 Å². The highest BCUT2D eigenvalue weighted by Crippen LogP contribution is 2.32. The third-order valence-corrected chi connectivity index (χ3v) is 6.94. The van der Waals surface area contributed by atoms with Crippen LogP contribution in [0.25, 0.3) is 11.1 Å². The molecule has 2 heterocycles. The van der Waals surface area contributed by atoms with Crippen LogP contribution in [0.5, 0.6) is 0 Å². The number of halogens is 3. The van der Waals surface area contributed by atoms with E-state index in [9.17, 15) is 22.8 Å². The average Bonchev–Trinajstić information content (AvgIpc) is 2.88. The van der Waals surface area contributed by atoms with Crippen LogP contribution >= 0.6 is 0 Å². The lowest BCUT2D eigenvalue weighted by Gasteiger charge is -2.48. The average molecular weight is 494 g/mol. The van der Waals surface area contributed by atoms with Crippen molar-refractivity contribution in [2.24, 2.45) is 0 Å². The highest BCUT2D eigenvalue weighted by molar-refractivity contribution is 5.95. The Morgan fingerprint density at radius 3 is 1.92 bits per heavy atom. The molecule has 5 rings (SSSR count). The van der Waals surface area contributed by atoms with E-state index >= 15 is 0 Å². The number of hydrogen-bond acceptors (Lipinski definition) is 3. The van der Waals surface area contributed by atoms with Crippen LogP contribution < -0.4 is 0 Å². The number of carbonyl (C=O) groups excluding carboxylic acids is 2. The molecule has 0 saturated carbocycles. The molecule has 0 bridgehead atoms. The fourth-order valence-corrected chi connectivity index (χ4v) is 4.77. The minimum Gasteiger partial charge on any atom is -0.336 e. The Bertz CT molecular complexity index is 1230. The number of benzene rings is 3. The Kier molecular flexibility index (Phi) is 6.53. The predicted octanol–water partition coefficient (Wildman–Crippen LogP) is 4.65. The molecule has 2 aliphatic heterocycles. The van der Waals surface area contributed by atoms with Gasteiger partial charge in [-0.3, -0.25) is 14.5 Å². The molecule has 0 N–H and O–H groups in total. The Balaban J connectivity index is 1.13. The summed E-state index contributed by atoms with van der Waals surface area (Å²) in [5.74, 6) is -0.0334. The lowest BCUT2D eigenvalue weighted by atomic mass is 10.00. The van der Waals surface area contributed by atoms with Crippen molar-refractivity contribution in [3.8, 4) is 11.1 Å². The Hall–Kier alpha value is -3.65. The first-order valence-electron chi connectivity index (χ1n) is 11.9. The highest BCUT2D eigenvalue weighted by Gasteiger charge is 2.37. The summed E-state index contributed by atoms with van der Waals surface area (Å²) in [6.07, 6.45) is -4.40. The summed E-state index contributed by atoms with van der Waals surface area (Å²) < 4.78 is 39.0. The smallest absolute Gasteiger partial charge is 0.336 e. The van der Waals surface area contributed by atoms with Gasteiger partial charge in [-0.15, -0.1) is 0 Å². The molecule has 0 spiro atoms. The molecule has 0 aromatic heterocycles. The summed E-state index contributed by atoms with van der Waals surface area (Å²) >= 11 is 0. The van der Waals surface area contributed by atoms with Crippen molar-refractivity contribution in [2.75, 3.05) is 39.3 Å². The Morgan fingerprint density at radius 2 is 1.28 bits per heavy atom. The summed E-state index contributed by atoms with van der Waals surface area (Å²) in [6.45, 7) is 4.12. The van der Waals surface area contributed by atoms with E-state index in [0.29, 0.717) is 48.4 Å². The number of rotatable bonds is 4. The summed E-state index contributed by atoms with van der Waals surface area (Å²) in [4.78, 5) is 31.5. The number of carbonyl (C=O) groups is 2. The van der Waals surface area contributed by atoms with Crippen LogP contribution in [0.15, 0.2) is 78.9 Å². The van der Waals surface area contributed by atoms with Gasteiger partial charge in [0.15, 0.2) is 0 Å². The van der Waals surface area contributed by atoms with Crippen LogP contribution in [0.1, 0.15) is 26.3 Å². The molecule has 36 heavy (non-hydrogen) atoms. The van der Waals surface area contributed by atoms with Crippen molar-refractivity contribution in [2.45, 2.75) is 12.2 Å². The van der Waals surface area contributed by atoms with Gasteiger partial charge >= 0.3 is 6.18 Å². The fourth-order valence-electron chi connectivity index (χ4n) is 4.77. The van der Waals surface area contributed by atoms with Crippen LogP contribution in [0.3, 0.4) is 0 Å². The standard InChI is InChI=1S/C28H26F3N3O2/c29-28(30,31)24-8-4-7-23(17-24)20-9-11-22(12-10-20)27(36)34-18-25(19-34)32-13-15-33(16-14-32)26(35)21-5-2-1-3-6-21/h1-12,17,25H,13-16,18-19H2. The number of piperazine rings is 1. The van der Waals surface area contributed by atoms with Crippen molar-refractivity contribution in [1.29, 1.82) is 0 Å². The van der Waals surface area contributed by atoms with Crippen molar-refractivity contribution < 1.29 is 22.8 Å². The van der Waals surface area contributed by atoms with Crippen molar-refractivity contribution in [3.05, 3.63) is 95.6 Å². The third-order valence-electron chi connectivity index (χ3n) is 6.94. The van der Waals surface area contributed by atoms with Crippen molar-refractivity contribution in [1.82, 2.24) is 14.7 Å². The molecule has 2 amide bonds. The third kappa shape index (κ3) is 4.99. The molecule has 2 fully saturated rings. The zero-order chi connectivity index (χ0) is 25.3. The first-order valence-corrected chi connectivity index (χ1v) is 11.9. The molecular weight excluding hydrogens is 467 g/mol. The fraction of sp³-hybridized carbons (Fsp3) is 0.286. The van der Waals surface area contributed by atoms with Gasteiger partial charge in [-0.1, -0.05) is 42.5 Å². The predicted molar refractivity (Wildman–Crippen MR) is 130 cm³/mol. The quantitative estimate of drug-likeness (QED) is 0.531. The SMILES string of the molecule is O=C(c1ccccc1)N1CCN(C2CN(C(=O)c3ccc(-c4cccc(C(F)(F)F)c4)cc3)C2)CC1. The van der Waals surface area contributed by atoms with Crippen LogP contribution in [0.4, 0.5) is 13.2 Å². The zero-order valence-electron chi connectivity index (χ0n) is 19.6. The highest BCUT2D eigenvalue weighted by atomic mass is 19.4. The van der Waals surface area contributed by atoms with Gasteiger partial charge in [-0.2, -0.15) is 13.2 Å².